The number of rotatable bonds is 15. The molecule has 1 aromatic rings. The Balaban J connectivity index is 2.50. The third kappa shape index (κ3) is 10.5. The number of nitrogens with one attached hydrogen (secondary N) is 1. The molecule has 0 spiro atoms. The maximum atomic E-state index is 6.74. The average molecular weight is 437 g/mol. The van der Waals surface area contributed by atoms with Gasteiger partial charge in [0.1, 0.15) is 0 Å². The molecule has 0 aliphatic carbocycles. The van der Waals surface area contributed by atoms with Gasteiger partial charge in [-0.2, -0.15) is 5.48 Å². The van der Waals surface area contributed by atoms with Gasteiger partial charge in [0.2, 0.25) is 0 Å². The number of aromatic nitrogens is 1. The number of unbranched alkanes of at least 4 members (excludes halogenated alkanes) is 6. The van der Waals surface area contributed by atoms with E-state index in [1.54, 1.807) is 0 Å². The van der Waals surface area contributed by atoms with Crippen molar-refractivity contribution in [2.24, 2.45) is 0 Å². The molecule has 0 saturated heterocycles. The molecule has 30 heavy (non-hydrogen) atoms. The van der Waals surface area contributed by atoms with Crippen LogP contribution in [0.4, 0.5) is 0 Å². The summed E-state index contributed by atoms with van der Waals surface area (Å²) in [6.07, 6.45) is 12.5. The summed E-state index contributed by atoms with van der Waals surface area (Å²) >= 11 is 0. The van der Waals surface area contributed by atoms with Gasteiger partial charge in [-0.1, -0.05) is 72.6 Å². The summed E-state index contributed by atoms with van der Waals surface area (Å²) < 4.78 is 6.74. The number of hydrogen-bond donors (Lipinski definition) is 1. The molecule has 0 bridgehead atoms. The van der Waals surface area contributed by atoms with E-state index in [0.717, 1.165) is 12.1 Å². The molecule has 0 saturated carbocycles. The van der Waals surface area contributed by atoms with Gasteiger partial charge >= 0.3 is 0 Å². The van der Waals surface area contributed by atoms with E-state index in [2.05, 4.69) is 70.3 Å². The second-order valence-electron chi connectivity index (χ2n) is 10.3. The lowest BCUT2D eigenvalue weighted by Gasteiger charge is -2.39. The quantitative estimate of drug-likeness (QED) is 0.175. The van der Waals surface area contributed by atoms with Crippen molar-refractivity contribution < 1.29 is 9.26 Å². The summed E-state index contributed by atoms with van der Waals surface area (Å²) in [7, 11) is -1.90. The van der Waals surface area contributed by atoms with Crippen LogP contribution in [0.5, 0.6) is 0 Å². The molecule has 0 aromatic carbocycles. The lowest BCUT2D eigenvalue weighted by Crippen LogP contribution is -2.43. The molecule has 2 atom stereocenters. The number of nitrogens with zero attached hydrogens (tertiary/aromatic N) is 1. The highest BCUT2D eigenvalue weighted by atomic mass is 28.4. The Morgan fingerprint density at radius 3 is 2.30 bits per heavy atom. The first kappa shape index (κ1) is 27.3. The topological polar surface area (TPSA) is 43.4 Å². The van der Waals surface area contributed by atoms with E-state index in [1.165, 1.54) is 50.5 Å². The smallest absolute Gasteiger partial charge is 0.192 e. The lowest BCUT2D eigenvalue weighted by atomic mass is 10.1. The van der Waals surface area contributed by atoms with E-state index in [4.69, 9.17) is 9.26 Å². The summed E-state index contributed by atoms with van der Waals surface area (Å²) in [4.78, 5) is 10.3. The molecule has 0 radical (unpaired) electrons. The highest BCUT2D eigenvalue weighted by molar-refractivity contribution is 6.74. The fourth-order valence-corrected chi connectivity index (χ4v) is 4.53. The molecule has 2 unspecified atom stereocenters. The maximum absolute atomic E-state index is 6.74. The van der Waals surface area contributed by atoms with Crippen LogP contribution >= 0.6 is 0 Å². The number of hydroxylamine groups is 1. The molecule has 174 valence electrons. The van der Waals surface area contributed by atoms with Crippen LogP contribution in [0.25, 0.3) is 0 Å². The van der Waals surface area contributed by atoms with Gasteiger partial charge < -0.3 is 4.43 Å². The largest absolute Gasteiger partial charge is 0.409 e. The van der Waals surface area contributed by atoms with Gasteiger partial charge in [0.15, 0.2) is 8.32 Å². The minimum atomic E-state index is -1.90. The van der Waals surface area contributed by atoms with Crippen molar-refractivity contribution in [3.63, 3.8) is 0 Å². The SMILES string of the molecule is CCCCCCCCCC(C)ONCC(O[Si](C)(C)C(C)(C)C)c1ccnc(C)c1. The van der Waals surface area contributed by atoms with Crippen molar-refractivity contribution in [1.29, 1.82) is 0 Å². The standard InChI is InChI=1S/C25H48N2O2Si/c1-9-10-11-12-13-14-15-16-22(3)28-27-20-24(23-17-18-26-21(2)19-23)29-30(7,8)25(4,5)6/h17-19,22,24,27H,9-16,20H2,1-8H3. The first-order valence-corrected chi connectivity index (χ1v) is 15.0. The van der Waals surface area contributed by atoms with E-state index in [-0.39, 0.29) is 17.2 Å². The van der Waals surface area contributed by atoms with Gasteiger partial charge in [0.25, 0.3) is 0 Å². The molecule has 0 aliphatic rings. The second kappa shape index (κ2) is 13.6. The monoisotopic (exact) mass is 436 g/mol. The van der Waals surface area contributed by atoms with Crippen LogP contribution in [-0.2, 0) is 9.26 Å². The van der Waals surface area contributed by atoms with E-state index < -0.39 is 8.32 Å². The van der Waals surface area contributed by atoms with Gasteiger partial charge in [0, 0.05) is 11.9 Å². The van der Waals surface area contributed by atoms with E-state index in [9.17, 15) is 0 Å². The highest BCUT2D eigenvalue weighted by Gasteiger charge is 2.39. The zero-order valence-corrected chi connectivity index (χ0v) is 22.0. The first-order chi connectivity index (χ1) is 14.1. The normalized spacial score (nSPS) is 14.7. The zero-order chi connectivity index (χ0) is 22.6. The minimum absolute atomic E-state index is 0.0293. The van der Waals surface area contributed by atoms with Crippen molar-refractivity contribution in [1.82, 2.24) is 10.5 Å². The van der Waals surface area contributed by atoms with Crippen LogP contribution in [0.2, 0.25) is 18.1 Å². The van der Waals surface area contributed by atoms with Gasteiger partial charge in [-0.05, 0) is 56.1 Å². The van der Waals surface area contributed by atoms with Crippen LogP contribution in [0.3, 0.4) is 0 Å². The molecule has 4 nitrogen and oxygen atoms in total. The van der Waals surface area contributed by atoms with Crippen molar-refractivity contribution in [3.05, 3.63) is 29.6 Å². The van der Waals surface area contributed by atoms with Gasteiger partial charge in [-0.25, -0.2) is 0 Å². The highest BCUT2D eigenvalue weighted by Crippen LogP contribution is 2.39. The molecule has 0 amide bonds. The van der Waals surface area contributed by atoms with Crippen LogP contribution in [-0.4, -0.2) is 26.0 Å². The Bertz CT molecular complexity index is 587. The predicted molar refractivity (Wildman–Crippen MR) is 131 cm³/mol. The Morgan fingerprint density at radius 2 is 1.70 bits per heavy atom. The van der Waals surface area contributed by atoms with E-state index in [0.29, 0.717) is 6.54 Å². The Labute approximate surface area is 187 Å². The molecule has 1 aromatic heterocycles. The summed E-state index contributed by atoms with van der Waals surface area (Å²) in [6.45, 7) is 18.6. The second-order valence-corrected chi connectivity index (χ2v) is 15.0. The molecule has 0 aliphatic heterocycles. The van der Waals surface area contributed by atoms with Crippen LogP contribution in [0.1, 0.15) is 103 Å². The summed E-state index contributed by atoms with van der Waals surface area (Å²) in [5, 5.41) is 0.165. The van der Waals surface area contributed by atoms with Gasteiger partial charge in [-0.15, -0.1) is 0 Å². The first-order valence-electron chi connectivity index (χ1n) is 12.1. The predicted octanol–water partition coefficient (Wildman–Crippen LogP) is 7.50. The maximum Gasteiger partial charge on any atom is 0.192 e. The number of hydrogen-bond acceptors (Lipinski definition) is 4. The average Bonchev–Trinajstić information content (AvgIpc) is 2.65. The van der Waals surface area contributed by atoms with Crippen molar-refractivity contribution in [2.45, 2.75) is 123 Å². The molecular weight excluding hydrogens is 388 g/mol. The van der Waals surface area contributed by atoms with Crippen LogP contribution in [0.15, 0.2) is 18.3 Å². The Hall–Kier alpha value is -0.753. The molecule has 5 heteroatoms. The molecular formula is C25H48N2O2Si. The van der Waals surface area contributed by atoms with Crippen LogP contribution in [0, 0.1) is 6.92 Å². The lowest BCUT2D eigenvalue weighted by molar-refractivity contribution is -0.0349. The fraction of sp³-hybridized carbons (Fsp3) is 0.800. The van der Waals surface area contributed by atoms with Crippen molar-refractivity contribution in [3.8, 4) is 0 Å². The zero-order valence-electron chi connectivity index (χ0n) is 21.0. The Morgan fingerprint density at radius 1 is 1.07 bits per heavy atom. The number of pyridine rings is 1. The number of aryl methyl sites for hydroxylation is 1. The Kier molecular flexibility index (Phi) is 12.4. The van der Waals surface area contributed by atoms with Gasteiger partial charge in [0.05, 0.1) is 18.8 Å². The summed E-state index contributed by atoms with van der Waals surface area (Å²) in [6, 6.07) is 4.19. The molecule has 1 rings (SSSR count). The van der Waals surface area contributed by atoms with E-state index in [1.807, 2.05) is 13.1 Å². The summed E-state index contributed by atoms with van der Waals surface area (Å²) in [5.41, 5.74) is 5.41. The molecule has 0 fully saturated rings. The van der Waals surface area contributed by atoms with E-state index >= 15 is 0 Å². The minimum Gasteiger partial charge on any atom is -0.409 e. The van der Waals surface area contributed by atoms with Crippen LogP contribution < -0.4 is 5.48 Å². The van der Waals surface area contributed by atoms with Gasteiger partial charge in [-0.3, -0.25) is 9.82 Å². The molecule has 1 N–H and O–H groups in total. The third-order valence-electron chi connectivity index (χ3n) is 6.30. The van der Waals surface area contributed by atoms with Crippen molar-refractivity contribution in [2.75, 3.05) is 6.54 Å². The molecule has 1 heterocycles. The van der Waals surface area contributed by atoms with Crippen molar-refractivity contribution >= 4 is 8.32 Å². The fourth-order valence-electron chi connectivity index (χ4n) is 3.24. The summed E-state index contributed by atoms with van der Waals surface area (Å²) in [5.74, 6) is 0. The third-order valence-corrected chi connectivity index (χ3v) is 10.8.